The number of rotatable bonds is 10. The molecule has 38 heavy (non-hydrogen) atoms. The summed E-state index contributed by atoms with van der Waals surface area (Å²) in [5.41, 5.74) is 5.23. The Hall–Kier alpha value is -2.88. The summed E-state index contributed by atoms with van der Waals surface area (Å²) in [4.78, 5) is 33.7. The van der Waals surface area contributed by atoms with Gasteiger partial charge >= 0.3 is 0 Å². The van der Waals surface area contributed by atoms with E-state index in [-0.39, 0.29) is 53.1 Å². The lowest BCUT2D eigenvalue weighted by molar-refractivity contribution is -0.132. The minimum atomic E-state index is -2.11. The Morgan fingerprint density at radius 3 is 2.50 bits per heavy atom. The van der Waals surface area contributed by atoms with Gasteiger partial charge in [-0.3, -0.25) is 14.6 Å². The van der Waals surface area contributed by atoms with Gasteiger partial charge in [-0.2, -0.15) is 0 Å². The Balaban J connectivity index is 0.00000253. The molecule has 0 aliphatic carbocycles. The van der Waals surface area contributed by atoms with E-state index in [1.165, 1.54) is 17.0 Å². The minimum absolute atomic E-state index is 0. The second-order valence-corrected chi connectivity index (χ2v) is 8.96. The largest absolute Gasteiger partial charge is 0.488 e. The van der Waals surface area contributed by atoms with Crippen molar-refractivity contribution >= 4 is 53.9 Å². The molecule has 1 aromatic heterocycles. The average molecular weight is 582 g/mol. The Bertz CT molecular complexity index is 1270. The molecule has 4 rings (SSSR count). The number of pyridine rings is 1. The van der Waals surface area contributed by atoms with Gasteiger partial charge in [0.2, 0.25) is 11.5 Å². The number of aliphatic hydroxyl groups is 1. The maximum atomic E-state index is 14.0. The fraction of sp³-hybridized carbons (Fsp3) is 0.296. The first-order valence-corrected chi connectivity index (χ1v) is 12.2. The Morgan fingerprint density at radius 2 is 1.87 bits per heavy atom. The molecule has 8 nitrogen and oxygen atoms in total. The van der Waals surface area contributed by atoms with Gasteiger partial charge in [-0.1, -0.05) is 49.7 Å². The van der Waals surface area contributed by atoms with Gasteiger partial charge in [-0.25, -0.2) is 0 Å². The van der Waals surface area contributed by atoms with Crippen LogP contribution in [0.5, 0.6) is 5.75 Å². The van der Waals surface area contributed by atoms with E-state index >= 15 is 0 Å². The lowest BCUT2D eigenvalue weighted by Gasteiger charge is -2.27. The number of benzene rings is 2. The molecule has 204 valence electrons. The maximum Gasteiger partial charge on any atom is 0.268 e. The standard InChI is InChI=1S/C27H29ClN4O4.2ClH/c1-3-31(4-2)12-13-32-22-15-19(25(29)33)14-21(28)24(22)27(35,26(32)34)20-9-5-6-10-23(20)36-17-18-8-7-11-30-16-18;;/h5-11,14-16,35H,3-4,12-13,17H2,1-2H3,(H2,29,33);2*1H. The number of carbonyl (C=O) groups is 2. The van der Waals surface area contributed by atoms with Gasteiger partial charge < -0.3 is 25.4 Å². The van der Waals surface area contributed by atoms with Crippen molar-refractivity contribution < 1.29 is 19.4 Å². The fourth-order valence-electron chi connectivity index (χ4n) is 4.51. The molecular formula is C27H31Cl3N4O4. The molecule has 11 heteroatoms. The highest BCUT2D eigenvalue weighted by molar-refractivity contribution is 6.34. The van der Waals surface area contributed by atoms with Gasteiger partial charge in [0.05, 0.1) is 10.7 Å². The number of aromatic nitrogens is 1. The van der Waals surface area contributed by atoms with Crippen LogP contribution in [0.15, 0.2) is 60.9 Å². The van der Waals surface area contributed by atoms with Gasteiger partial charge in [-0.05, 0) is 37.4 Å². The van der Waals surface area contributed by atoms with Crippen LogP contribution >= 0.6 is 36.4 Å². The number of anilines is 1. The average Bonchev–Trinajstić information content (AvgIpc) is 3.11. The highest BCUT2D eigenvalue weighted by atomic mass is 35.5. The summed E-state index contributed by atoms with van der Waals surface area (Å²) >= 11 is 6.62. The Kier molecular flexibility index (Phi) is 10.9. The van der Waals surface area contributed by atoms with Crippen molar-refractivity contribution in [1.82, 2.24) is 9.88 Å². The van der Waals surface area contributed by atoms with E-state index < -0.39 is 17.4 Å². The number of likely N-dealkylation sites (N-methyl/N-ethyl adjacent to an activating group) is 1. The van der Waals surface area contributed by atoms with Crippen LogP contribution in [0.1, 0.15) is 40.9 Å². The van der Waals surface area contributed by atoms with E-state index in [0.717, 1.165) is 18.7 Å². The number of carbonyl (C=O) groups excluding carboxylic acids is 2. The fourth-order valence-corrected chi connectivity index (χ4v) is 4.86. The number of amides is 2. The summed E-state index contributed by atoms with van der Waals surface area (Å²) in [5.74, 6) is -0.902. The molecule has 0 saturated carbocycles. The van der Waals surface area contributed by atoms with Gasteiger partial charge in [0.15, 0.2) is 0 Å². The number of hydrogen-bond acceptors (Lipinski definition) is 6. The number of nitrogens with zero attached hydrogens (tertiary/aromatic N) is 3. The second kappa shape index (κ2) is 13.3. The summed E-state index contributed by atoms with van der Waals surface area (Å²) in [7, 11) is 0. The molecule has 0 saturated heterocycles. The van der Waals surface area contributed by atoms with E-state index in [0.29, 0.717) is 24.5 Å². The monoisotopic (exact) mass is 580 g/mol. The van der Waals surface area contributed by atoms with Crippen LogP contribution in [0.25, 0.3) is 0 Å². The molecule has 1 unspecified atom stereocenters. The van der Waals surface area contributed by atoms with Gasteiger partial charge in [0.25, 0.3) is 5.91 Å². The molecule has 0 fully saturated rings. The Morgan fingerprint density at radius 1 is 1.16 bits per heavy atom. The molecule has 3 N–H and O–H groups in total. The first-order chi connectivity index (χ1) is 17.3. The summed E-state index contributed by atoms with van der Waals surface area (Å²) in [6.45, 7) is 6.77. The quantitative estimate of drug-likeness (QED) is 0.372. The van der Waals surface area contributed by atoms with Crippen LogP contribution in [-0.4, -0.2) is 53.0 Å². The highest BCUT2D eigenvalue weighted by Crippen LogP contribution is 2.50. The van der Waals surface area contributed by atoms with Crippen molar-refractivity contribution in [1.29, 1.82) is 0 Å². The van der Waals surface area contributed by atoms with Crippen LogP contribution < -0.4 is 15.4 Å². The van der Waals surface area contributed by atoms with E-state index in [1.807, 2.05) is 19.9 Å². The second-order valence-electron chi connectivity index (χ2n) is 8.56. The predicted octanol–water partition coefficient (Wildman–Crippen LogP) is 4.18. The summed E-state index contributed by atoms with van der Waals surface area (Å²) in [6.07, 6.45) is 3.36. The first kappa shape index (κ1) is 31.3. The maximum absolute atomic E-state index is 14.0. The number of hydrogen-bond donors (Lipinski definition) is 2. The van der Waals surface area contributed by atoms with Crippen molar-refractivity contribution in [2.75, 3.05) is 31.1 Å². The number of fused-ring (bicyclic) bond motifs is 1. The van der Waals surface area contributed by atoms with Crippen LogP contribution in [-0.2, 0) is 17.0 Å². The van der Waals surface area contributed by atoms with Gasteiger partial charge in [0.1, 0.15) is 12.4 Å². The lowest BCUT2D eigenvalue weighted by atomic mass is 9.86. The predicted molar refractivity (Wildman–Crippen MR) is 153 cm³/mol. The van der Waals surface area contributed by atoms with Crippen LogP contribution in [0, 0.1) is 0 Å². The third-order valence-electron chi connectivity index (χ3n) is 6.49. The molecule has 1 aliphatic rings. The molecule has 3 aromatic rings. The zero-order chi connectivity index (χ0) is 25.9. The van der Waals surface area contributed by atoms with Crippen molar-refractivity contribution in [3.8, 4) is 5.75 Å². The smallest absolute Gasteiger partial charge is 0.268 e. The van der Waals surface area contributed by atoms with Crippen molar-refractivity contribution in [2.24, 2.45) is 5.73 Å². The summed E-state index contributed by atoms with van der Waals surface area (Å²) < 4.78 is 6.04. The molecule has 1 atom stereocenters. The third kappa shape index (κ3) is 5.90. The van der Waals surface area contributed by atoms with E-state index in [2.05, 4.69) is 9.88 Å². The van der Waals surface area contributed by atoms with Crippen molar-refractivity contribution in [3.05, 3.63) is 88.2 Å². The number of para-hydroxylation sites is 1. The van der Waals surface area contributed by atoms with Gasteiger partial charge in [-0.15, -0.1) is 24.8 Å². The molecule has 0 radical (unpaired) electrons. The SMILES string of the molecule is CCN(CC)CCN1C(=O)C(O)(c2ccccc2OCc2cccnc2)c2c(Cl)cc(C(N)=O)cc21.Cl.Cl. The lowest BCUT2D eigenvalue weighted by Crippen LogP contribution is -2.44. The van der Waals surface area contributed by atoms with E-state index in [9.17, 15) is 14.7 Å². The number of halogens is 3. The zero-order valence-electron chi connectivity index (χ0n) is 21.1. The molecule has 1 aliphatic heterocycles. The molecule has 2 heterocycles. The van der Waals surface area contributed by atoms with Crippen LogP contribution in [0.3, 0.4) is 0 Å². The van der Waals surface area contributed by atoms with Crippen LogP contribution in [0.4, 0.5) is 5.69 Å². The number of primary amides is 1. The van der Waals surface area contributed by atoms with Crippen molar-refractivity contribution in [3.63, 3.8) is 0 Å². The van der Waals surface area contributed by atoms with Gasteiger partial charge in [0, 0.05) is 47.7 Å². The molecule has 0 bridgehead atoms. The molecular weight excluding hydrogens is 551 g/mol. The zero-order valence-corrected chi connectivity index (χ0v) is 23.5. The molecule has 0 spiro atoms. The topological polar surface area (TPSA) is 109 Å². The highest BCUT2D eigenvalue weighted by Gasteiger charge is 2.54. The Labute approximate surface area is 239 Å². The first-order valence-electron chi connectivity index (χ1n) is 11.8. The van der Waals surface area contributed by atoms with Crippen LogP contribution in [0.2, 0.25) is 5.02 Å². The van der Waals surface area contributed by atoms with E-state index in [4.69, 9.17) is 22.1 Å². The van der Waals surface area contributed by atoms with E-state index in [1.54, 1.807) is 42.7 Å². The number of ether oxygens (including phenoxy) is 1. The number of nitrogens with two attached hydrogens (primary N) is 1. The summed E-state index contributed by atoms with van der Waals surface area (Å²) in [6, 6.07) is 13.4. The van der Waals surface area contributed by atoms with Crippen molar-refractivity contribution in [2.45, 2.75) is 26.1 Å². The molecule has 2 aromatic carbocycles. The third-order valence-corrected chi connectivity index (χ3v) is 6.79. The summed E-state index contributed by atoms with van der Waals surface area (Å²) in [5, 5.41) is 12.2. The normalized spacial score (nSPS) is 16.0. The molecule has 2 amide bonds. The minimum Gasteiger partial charge on any atom is -0.488 e.